The highest BCUT2D eigenvalue weighted by molar-refractivity contribution is 7.91. The average Bonchev–Trinajstić information content (AvgIpc) is 3.09. The van der Waals surface area contributed by atoms with E-state index < -0.39 is 16.1 Å². The van der Waals surface area contributed by atoms with Gasteiger partial charge >= 0.3 is 0 Å². The van der Waals surface area contributed by atoms with Crippen LogP contribution in [0.3, 0.4) is 0 Å². The lowest BCUT2D eigenvalue weighted by atomic mass is 10.0. The van der Waals surface area contributed by atoms with Gasteiger partial charge in [0.25, 0.3) is 10.0 Å². The molecule has 2 rings (SSSR count). The minimum absolute atomic E-state index is 0.159. The summed E-state index contributed by atoms with van der Waals surface area (Å²) in [6, 6.07) is 10.4. The van der Waals surface area contributed by atoms with Gasteiger partial charge in [-0.25, -0.2) is 8.42 Å². The van der Waals surface area contributed by atoms with Gasteiger partial charge in [-0.2, -0.15) is 4.72 Å². The summed E-state index contributed by atoms with van der Waals surface area (Å²) in [6.07, 6.45) is 0.709. The molecule has 0 aliphatic heterocycles. The average molecular weight is 381 g/mol. The number of nitrogens with one attached hydrogen (secondary N) is 2. The van der Waals surface area contributed by atoms with Crippen LogP contribution in [0.2, 0.25) is 0 Å². The fourth-order valence-electron chi connectivity index (χ4n) is 2.45. The molecule has 1 aromatic carbocycles. The Morgan fingerprint density at radius 1 is 1.16 bits per heavy atom. The van der Waals surface area contributed by atoms with E-state index in [-0.39, 0.29) is 16.0 Å². The van der Waals surface area contributed by atoms with Crippen molar-refractivity contribution in [2.75, 3.05) is 6.54 Å². The predicted octanol–water partition coefficient (Wildman–Crippen LogP) is 2.72. The van der Waals surface area contributed by atoms with Crippen molar-refractivity contribution in [2.45, 2.75) is 37.4 Å². The van der Waals surface area contributed by atoms with Crippen molar-refractivity contribution in [1.82, 2.24) is 10.0 Å². The van der Waals surface area contributed by atoms with Gasteiger partial charge < -0.3 is 5.32 Å². The number of benzene rings is 1. The van der Waals surface area contributed by atoms with Gasteiger partial charge in [-0.3, -0.25) is 4.79 Å². The first-order valence-electron chi connectivity index (χ1n) is 8.19. The number of hydrogen-bond acceptors (Lipinski definition) is 4. The highest BCUT2D eigenvalue weighted by Gasteiger charge is 2.28. The van der Waals surface area contributed by atoms with E-state index in [1.807, 2.05) is 45.0 Å². The molecule has 7 heteroatoms. The van der Waals surface area contributed by atoms with Crippen LogP contribution in [-0.4, -0.2) is 26.9 Å². The van der Waals surface area contributed by atoms with Gasteiger partial charge in [0.05, 0.1) is 0 Å². The third-order valence-electron chi connectivity index (χ3n) is 3.95. The standard InChI is InChI=1S/C18H24N2O3S2/c1-13(2)17(20-25(22,23)16-9-6-12-24-16)18(21)19-11-10-15-8-5-4-7-14(15)3/h4-9,12-13,17,20H,10-11H2,1-3H3,(H,19,21)/t17-/m1/s1. The molecule has 0 unspecified atom stereocenters. The SMILES string of the molecule is Cc1ccccc1CCNC(=O)[C@H](NS(=O)(=O)c1cccs1)C(C)C. The normalized spacial score (nSPS) is 13.0. The van der Waals surface area contributed by atoms with Crippen LogP contribution in [0.4, 0.5) is 0 Å². The zero-order valence-corrected chi connectivity index (χ0v) is 16.3. The fraction of sp³-hybridized carbons (Fsp3) is 0.389. The lowest BCUT2D eigenvalue weighted by Crippen LogP contribution is -2.49. The van der Waals surface area contributed by atoms with Crippen LogP contribution >= 0.6 is 11.3 Å². The molecular formula is C18H24N2O3S2. The zero-order chi connectivity index (χ0) is 18.4. The van der Waals surface area contributed by atoms with Crippen molar-refractivity contribution in [3.63, 3.8) is 0 Å². The second-order valence-corrected chi connectivity index (χ2v) is 9.13. The molecule has 136 valence electrons. The molecule has 2 N–H and O–H groups in total. The van der Waals surface area contributed by atoms with Gasteiger partial charge in [-0.05, 0) is 41.8 Å². The van der Waals surface area contributed by atoms with Crippen molar-refractivity contribution in [3.05, 3.63) is 52.9 Å². The highest BCUT2D eigenvalue weighted by atomic mass is 32.2. The second kappa shape index (κ2) is 8.60. The number of rotatable bonds is 8. The molecular weight excluding hydrogens is 356 g/mol. The van der Waals surface area contributed by atoms with Gasteiger partial charge in [0.1, 0.15) is 10.3 Å². The number of amides is 1. The Morgan fingerprint density at radius 3 is 2.48 bits per heavy atom. The van der Waals surface area contributed by atoms with Gasteiger partial charge in [-0.1, -0.05) is 44.2 Å². The van der Waals surface area contributed by atoms with Gasteiger partial charge in [-0.15, -0.1) is 11.3 Å². The molecule has 0 aliphatic carbocycles. The third-order valence-corrected chi connectivity index (χ3v) is 6.78. The molecule has 1 atom stereocenters. The van der Waals surface area contributed by atoms with E-state index in [9.17, 15) is 13.2 Å². The second-order valence-electron chi connectivity index (χ2n) is 6.24. The van der Waals surface area contributed by atoms with Crippen LogP contribution in [0.1, 0.15) is 25.0 Å². The number of aryl methyl sites for hydroxylation is 1. The summed E-state index contributed by atoms with van der Waals surface area (Å²) in [6.45, 7) is 6.14. The van der Waals surface area contributed by atoms with Crippen molar-refractivity contribution in [3.8, 4) is 0 Å². The summed E-state index contributed by atoms with van der Waals surface area (Å²) >= 11 is 1.13. The summed E-state index contributed by atoms with van der Waals surface area (Å²) in [5.74, 6) is -0.461. The number of hydrogen-bond donors (Lipinski definition) is 2. The molecule has 0 aliphatic rings. The van der Waals surface area contributed by atoms with E-state index in [0.717, 1.165) is 11.3 Å². The Hall–Kier alpha value is -1.70. The van der Waals surface area contributed by atoms with Gasteiger partial charge in [0, 0.05) is 6.54 Å². The quantitative estimate of drug-likeness (QED) is 0.739. The summed E-state index contributed by atoms with van der Waals surface area (Å²) < 4.78 is 27.5. The third kappa shape index (κ3) is 5.39. The minimum Gasteiger partial charge on any atom is -0.354 e. The number of carbonyl (C=O) groups excluding carboxylic acids is 1. The van der Waals surface area contributed by atoms with Crippen LogP contribution in [0.15, 0.2) is 46.0 Å². The number of carbonyl (C=O) groups is 1. The van der Waals surface area contributed by atoms with Crippen molar-refractivity contribution < 1.29 is 13.2 Å². The van der Waals surface area contributed by atoms with Crippen LogP contribution < -0.4 is 10.0 Å². The first kappa shape index (κ1) is 19.6. The molecule has 2 aromatic rings. The topological polar surface area (TPSA) is 75.3 Å². The van der Waals surface area contributed by atoms with Crippen LogP contribution in [0.5, 0.6) is 0 Å². The smallest absolute Gasteiger partial charge is 0.250 e. The number of sulfonamides is 1. The van der Waals surface area contributed by atoms with E-state index in [2.05, 4.69) is 10.0 Å². The molecule has 5 nitrogen and oxygen atoms in total. The minimum atomic E-state index is -3.68. The summed E-state index contributed by atoms with van der Waals surface area (Å²) in [7, 11) is -3.68. The van der Waals surface area contributed by atoms with Crippen molar-refractivity contribution in [1.29, 1.82) is 0 Å². The number of thiophene rings is 1. The van der Waals surface area contributed by atoms with Crippen molar-refractivity contribution >= 4 is 27.3 Å². The first-order chi connectivity index (χ1) is 11.8. The van der Waals surface area contributed by atoms with Gasteiger partial charge in [0.2, 0.25) is 5.91 Å². The summed E-state index contributed by atoms with van der Waals surface area (Å²) in [5, 5.41) is 4.54. The zero-order valence-electron chi connectivity index (χ0n) is 14.7. The maximum absolute atomic E-state index is 12.5. The molecule has 1 aromatic heterocycles. The molecule has 0 fully saturated rings. The molecule has 0 spiro atoms. The molecule has 0 radical (unpaired) electrons. The van der Waals surface area contributed by atoms with Crippen molar-refractivity contribution in [2.24, 2.45) is 5.92 Å². The largest absolute Gasteiger partial charge is 0.354 e. The summed E-state index contributed by atoms with van der Waals surface area (Å²) in [5.41, 5.74) is 2.35. The Balaban J connectivity index is 1.98. The van der Waals surface area contributed by atoms with Crippen LogP contribution in [0.25, 0.3) is 0 Å². The van der Waals surface area contributed by atoms with E-state index in [4.69, 9.17) is 0 Å². The lowest BCUT2D eigenvalue weighted by molar-refractivity contribution is -0.123. The monoisotopic (exact) mass is 380 g/mol. The Morgan fingerprint density at radius 2 is 1.88 bits per heavy atom. The fourth-order valence-corrected chi connectivity index (χ4v) is 4.81. The van der Waals surface area contributed by atoms with Gasteiger partial charge in [0.15, 0.2) is 0 Å². The Kier molecular flexibility index (Phi) is 6.75. The highest BCUT2D eigenvalue weighted by Crippen LogP contribution is 2.17. The van der Waals surface area contributed by atoms with E-state index in [1.54, 1.807) is 11.4 Å². The Labute approximate surface area is 153 Å². The molecule has 25 heavy (non-hydrogen) atoms. The maximum Gasteiger partial charge on any atom is 0.250 e. The molecule has 0 saturated heterocycles. The van der Waals surface area contributed by atoms with E-state index >= 15 is 0 Å². The maximum atomic E-state index is 12.5. The molecule has 1 heterocycles. The van der Waals surface area contributed by atoms with E-state index in [1.165, 1.54) is 17.2 Å². The summed E-state index contributed by atoms with van der Waals surface area (Å²) in [4.78, 5) is 12.5. The predicted molar refractivity (Wildman–Crippen MR) is 101 cm³/mol. The molecule has 0 saturated carbocycles. The molecule has 0 bridgehead atoms. The Bertz CT molecular complexity index is 799. The lowest BCUT2D eigenvalue weighted by Gasteiger charge is -2.21. The molecule has 1 amide bonds. The first-order valence-corrected chi connectivity index (χ1v) is 10.6. The van der Waals surface area contributed by atoms with Crippen LogP contribution in [0, 0.1) is 12.8 Å². The van der Waals surface area contributed by atoms with Crippen LogP contribution in [-0.2, 0) is 21.2 Å². The van der Waals surface area contributed by atoms with E-state index in [0.29, 0.717) is 13.0 Å².